The average Bonchev–Trinajstić information content (AvgIpc) is 3.17. The summed E-state index contributed by atoms with van der Waals surface area (Å²) in [7, 11) is 0. The van der Waals surface area contributed by atoms with E-state index in [9.17, 15) is 0 Å². The molecule has 0 radical (unpaired) electrons. The Morgan fingerprint density at radius 2 is 0.938 bits per heavy atom. The smallest absolute Gasteiger partial charge is 0.0701 e. The first-order chi connectivity index (χ1) is 23.8. The fourth-order valence-electron chi connectivity index (χ4n) is 7.15. The Bertz CT molecular complexity index is 2570. The highest BCUT2D eigenvalue weighted by molar-refractivity contribution is 6.22. The van der Waals surface area contributed by atoms with Crippen molar-refractivity contribution in [3.63, 3.8) is 0 Å². The summed E-state index contributed by atoms with van der Waals surface area (Å²) in [6, 6.07) is 59.1. The molecule has 224 valence electrons. The van der Waals surface area contributed by atoms with Gasteiger partial charge in [0.05, 0.1) is 5.69 Å². The maximum Gasteiger partial charge on any atom is 0.0701 e. The highest BCUT2D eigenvalue weighted by atomic mass is 14.7. The number of nitrogens with zero attached hydrogens (tertiary/aromatic N) is 2. The molecule has 48 heavy (non-hydrogen) atoms. The van der Waals surface area contributed by atoms with Crippen LogP contribution in [-0.4, -0.2) is 9.97 Å². The molecule has 0 atom stereocenters. The molecule has 2 aromatic heterocycles. The summed E-state index contributed by atoms with van der Waals surface area (Å²) < 4.78 is 0. The van der Waals surface area contributed by atoms with Crippen LogP contribution in [0.3, 0.4) is 0 Å². The predicted molar refractivity (Wildman–Crippen MR) is 202 cm³/mol. The van der Waals surface area contributed by atoms with Gasteiger partial charge in [-0.2, -0.15) is 0 Å². The van der Waals surface area contributed by atoms with Crippen LogP contribution >= 0.6 is 0 Å². The minimum absolute atomic E-state index is 0.976. The predicted octanol–water partition coefficient (Wildman–Crippen LogP) is 12.3. The van der Waals surface area contributed by atoms with E-state index in [1.165, 1.54) is 65.7 Å². The van der Waals surface area contributed by atoms with E-state index >= 15 is 0 Å². The van der Waals surface area contributed by atoms with Gasteiger partial charge >= 0.3 is 0 Å². The lowest BCUT2D eigenvalue weighted by atomic mass is 9.84. The lowest BCUT2D eigenvalue weighted by Gasteiger charge is -2.19. The first-order valence-corrected chi connectivity index (χ1v) is 16.3. The molecule has 2 nitrogen and oxygen atoms in total. The standard InChI is InChI=1S/C46H30N2/c1-2-12-38-32(9-1)10-7-15-39(38)36-25-26-42-43(29-36)46(35-21-17-31(18-22-35)37-11-8-27-47-30-37)41-14-4-3-13-40(41)45(42)34-23-19-33(20-24-34)44-16-5-6-28-48-44/h1-30H. The van der Waals surface area contributed by atoms with E-state index in [1.54, 1.807) is 0 Å². The molecule has 7 aromatic carbocycles. The summed E-state index contributed by atoms with van der Waals surface area (Å²) in [6.45, 7) is 0. The quantitative estimate of drug-likeness (QED) is 0.181. The number of pyridine rings is 2. The Labute approximate surface area is 279 Å². The SMILES string of the molecule is c1ccc(-c2ccc(-c3c4ccccc4c(-c4ccc(-c5cccnc5)cc4)c4cc(-c5cccc6ccccc56)ccc34)cc2)nc1. The van der Waals surface area contributed by atoms with Crippen molar-refractivity contribution in [3.8, 4) is 55.8 Å². The largest absolute Gasteiger partial charge is 0.264 e. The number of benzene rings is 7. The van der Waals surface area contributed by atoms with Crippen molar-refractivity contribution < 1.29 is 0 Å². The highest BCUT2D eigenvalue weighted by Gasteiger charge is 2.18. The van der Waals surface area contributed by atoms with E-state index in [0.29, 0.717) is 0 Å². The van der Waals surface area contributed by atoms with Gasteiger partial charge in [0.25, 0.3) is 0 Å². The molecule has 2 heteroatoms. The van der Waals surface area contributed by atoms with Crippen LogP contribution in [0, 0.1) is 0 Å². The molecule has 9 rings (SSSR count). The molecular weight excluding hydrogens is 581 g/mol. The van der Waals surface area contributed by atoms with Crippen LogP contribution in [0.4, 0.5) is 0 Å². The van der Waals surface area contributed by atoms with Crippen LogP contribution in [0.5, 0.6) is 0 Å². The van der Waals surface area contributed by atoms with Gasteiger partial charge < -0.3 is 0 Å². The summed E-state index contributed by atoms with van der Waals surface area (Å²) >= 11 is 0. The lowest BCUT2D eigenvalue weighted by molar-refractivity contribution is 1.33. The van der Waals surface area contributed by atoms with Crippen LogP contribution in [0.2, 0.25) is 0 Å². The van der Waals surface area contributed by atoms with E-state index in [1.807, 2.05) is 36.8 Å². The third-order valence-electron chi connectivity index (χ3n) is 9.43. The second kappa shape index (κ2) is 11.8. The van der Waals surface area contributed by atoms with E-state index in [4.69, 9.17) is 0 Å². The zero-order valence-corrected chi connectivity index (χ0v) is 26.2. The maximum absolute atomic E-state index is 4.58. The van der Waals surface area contributed by atoms with Crippen LogP contribution < -0.4 is 0 Å². The molecule has 0 aliphatic rings. The third-order valence-corrected chi connectivity index (χ3v) is 9.43. The van der Waals surface area contributed by atoms with Gasteiger partial charge in [-0.25, -0.2) is 0 Å². The van der Waals surface area contributed by atoms with E-state index < -0.39 is 0 Å². The number of aromatic nitrogens is 2. The Morgan fingerprint density at radius 1 is 0.333 bits per heavy atom. The van der Waals surface area contributed by atoms with Crippen molar-refractivity contribution in [2.45, 2.75) is 0 Å². The van der Waals surface area contributed by atoms with Gasteiger partial charge in [0.15, 0.2) is 0 Å². The second-order valence-corrected chi connectivity index (χ2v) is 12.2. The molecule has 0 unspecified atom stereocenters. The van der Waals surface area contributed by atoms with E-state index in [0.717, 1.165) is 22.4 Å². The molecule has 0 N–H and O–H groups in total. The fraction of sp³-hybridized carbons (Fsp3) is 0. The van der Waals surface area contributed by atoms with Crippen LogP contribution in [0.25, 0.3) is 88.1 Å². The van der Waals surface area contributed by atoms with Gasteiger partial charge in [0.2, 0.25) is 0 Å². The van der Waals surface area contributed by atoms with Gasteiger partial charge in [-0.15, -0.1) is 0 Å². The molecule has 0 saturated heterocycles. The van der Waals surface area contributed by atoms with Crippen molar-refractivity contribution in [3.05, 3.63) is 182 Å². The van der Waals surface area contributed by atoms with Gasteiger partial charge in [0.1, 0.15) is 0 Å². The molecule has 0 aliphatic carbocycles. The van der Waals surface area contributed by atoms with Crippen LogP contribution in [0.1, 0.15) is 0 Å². The molecule has 0 spiro atoms. The van der Waals surface area contributed by atoms with Crippen molar-refractivity contribution in [1.82, 2.24) is 9.97 Å². The minimum atomic E-state index is 0.976. The average molecular weight is 611 g/mol. The van der Waals surface area contributed by atoms with Crippen LogP contribution in [-0.2, 0) is 0 Å². The number of rotatable bonds is 5. The number of fused-ring (bicyclic) bond motifs is 3. The third kappa shape index (κ3) is 4.83. The highest BCUT2D eigenvalue weighted by Crippen LogP contribution is 2.45. The van der Waals surface area contributed by atoms with Crippen molar-refractivity contribution >= 4 is 32.3 Å². The van der Waals surface area contributed by atoms with Gasteiger partial charge in [0, 0.05) is 24.2 Å². The molecular formula is C46H30N2. The van der Waals surface area contributed by atoms with Crippen molar-refractivity contribution in [2.24, 2.45) is 0 Å². The van der Waals surface area contributed by atoms with E-state index in [-0.39, 0.29) is 0 Å². The fourth-order valence-corrected chi connectivity index (χ4v) is 7.15. The molecule has 2 heterocycles. The van der Waals surface area contributed by atoms with E-state index in [2.05, 4.69) is 156 Å². The first-order valence-electron chi connectivity index (χ1n) is 16.3. The lowest BCUT2D eigenvalue weighted by Crippen LogP contribution is -1.92. The summed E-state index contributed by atoms with van der Waals surface area (Å²) in [5, 5.41) is 7.44. The zero-order valence-electron chi connectivity index (χ0n) is 26.2. The normalized spacial score (nSPS) is 11.3. The maximum atomic E-state index is 4.58. The molecule has 0 bridgehead atoms. The summed E-state index contributed by atoms with van der Waals surface area (Å²) in [5.41, 5.74) is 11.7. The molecule has 9 aromatic rings. The molecule has 0 fully saturated rings. The second-order valence-electron chi connectivity index (χ2n) is 12.2. The van der Waals surface area contributed by atoms with Crippen molar-refractivity contribution in [1.29, 1.82) is 0 Å². The molecule has 0 aliphatic heterocycles. The first kappa shape index (κ1) is 27.9. The van der Waals surface area contributed by atoms with Gasteiger partial charge in [-0.05, 0) is 101 Å². The van der Waals surface area contributed by atoms with Crippen molar-refractivity contribution in [2.75, 3.05) is 0 Å². The number of hydrogen-bond donors (Lipinski definition) is 0. The Hall–Kier alpha value is -6.38. The summed E-state index contributed by atoms with van der Waals surface area (Å²) in [6.07, 6.45) is 5.58. The van der Waals surface area contributed by atoms with Gasteiger partial charge in [-0.3, -0.25) is 9.97 Å². The summed E-state index contributed by atoms with van der Waals surface area (Å²) in [4.78, 5) is 8.92. The Kier molecular flexibility index (Phi) is 6.84. The molecule has 0 amide bonds. The van der Waals surface area contributed by atoms with Crippen LogP contribution in [0.15, 0.2) is 182 Å². The van der Waals surface area contributed by atoms with Gasteiger partial charge in [-0.1, -0.05) is 140 Å². The monoisotopic (exact) mass is 610 g/mol. The number of hydrogen-bond acceptors (Lipinski definition) is 2. The topological polar surface area (TPSA) is 25.8 Å². The zero-order chi connectivity index (χ0) is 31.9. The summed E-state index contributed by atoms with van der Waals surface area (Å²) in [5.74, 6) is 0. The minimum Gasteiger partial charge on any atom is -0.264 e. The Morgan fingerprint density at radius 3 is 1.65 bits per heavy atom. The molecule has 0 saturated carbocycles. The Balaban J connectivity index is 1.31.